The van der Waals surface area contributed by atoms with Crippen LogP contribution >= 0.6 is 0 Å². The van der Waals surface area contributed by atoms with Gasteiger partial charge in [-0.05, 0) is 20.5 Å². The molecular formula is C10H19N3O3. The molecule has 0 spiro atoms. The molecule has 1 heterocycles. The van der Waals surface area contributed by atoms with Crippen LogP contribution in [-0.2, 0) is 14.3 Å². The van der Waals surface area contributed by atoms with Crippen molar-refractivity contribution in [2.45, 2.75) is 18.5 Å². The van der Waals surface area contributed by atoms with Crippen LogP contribution in [0.25, 0.3) is 0 Å². The van der Waals surface area contributed by atoms with Crippen LogP contribution in [0.3, 0.4) is 0 Å². The quantitative estimate of drug-likeness (QED) is 0.605. The molecule has 0 saturated carbocycles. The van der Waals surface area contributed by atoms with Crippen molar-refractivity contribution >= 4 is 11.9 Å². The fourth-order valence-electron chi connectivity index (χ4n) is 1.86. The highest BCUT2D eigenvalue weighted by atomic mass is 16.5. The summed E-state index contributed by atoms with van der Waals surface area (Å²) in [7, 11) is 4.93. The van der Waals surface area contributed by atoms with Gasteiger partial charge in [0.2, 0.25) is 5.91 Å². The van der Waals surface area contributed by atoms with E-state index in [1.165, 1.54) is 12.0 Å². The molecule has 1 fully saturated rings. The lowest BCUT2D eigenvalue weighted by Gasteiger charge is -2.23. The second-order valence-corrected chi connectivity index (χ2v) is 4.32. The number of carbonyl (C=O) groups excluding carboxylic acids is 2. The molecule has 1 amide bonds. The van der Waals surface area contributed by atoms with E-state index in [0.29, 0.717) is 13.0 Å². The number of ether oxygens (including phenoxy) is 1. The highest BCUT2D eigenvalue weighted by molar-refractivity contribution is 5.86. The lowest BCUT2D eigenvalue weighted by atomic mass is 10.2. The zero-order chi connectivity index (χ0) is 12.3. The molecule has 0 unspecified atom stereocenters. The van der Waals surface area contributed by atoms with Crippen molar-refractivity contribution in [3.8, 4) is 0 Å². The standard InChI is InChI=1S/C10H19N3O3/c1-12(2)6-9(14)13-5-7(11)4-8(13)10(15)16-3/h7-8H,4-6,11H2,1-3H3/t7-,8+/m1/s1. The van der Waals surface area contributed by atoms with E-state index in [-0.39, 0.29) is 24.5 Å². The molecule has 0 bridgehead atoms. The Morgan fingerprint density at radius 2 is 2.12 bits per heavy atom. The summed E-state index contributed by atoms with van der Waals surface area (Å²) in [5, 5.41) is 0. The molecule has 2 atom stereocenters. The summed E-state index contributed by atoms with van der Waals surface area (Å²) >= 11 is 0. The van der Waals surface area contributed by atoms with E-state index >= 15 is 0 Å². The maximum absolute atomic E-state index is 11.9. The van der Waals surface area contributed by atoms with Crippen molar-refractivity contribution < 1.29 is 14.3 Å². The van der Waals surface area contributed by atoms with E-state index in [2.05, 4.69) is 4.74 Å². The molecule has 0 aromatic heterocycles. The lowest BCUT2D eigenvalue weighted by Crippen LogP contribution is -2.45. The summed E-state index contributed by atoms with van der Waals surface area (Å²) in [6, 6.07) is -0.664. The second-order valence-electron chi connectivity index (χ2n) is 4.32. The van der Waals surface area contributed by atoms with Crippen LogP contribution in [0.1, 0.15) is 6.42 Å². The van der Waals surface area contributed by atoms with Crippen LogP contribution in [0.5, 0.6) is 0 Å². The first-order valence-corrected chi connectivity index (χ1v) is 5.23. The Kier molecular flexibility index (Phi) is 4.26. The molecule has 0 aromatic rings. The fourth-order valence-corrected chi connectivity index (χ4v) is 1.86. The first-order chi connectivity index (χ1) is 7.45. The monoisotopic (exact) mass is 229 g/mol. The molecule has 1 aliphatic rings. The zero-order valence-corrected chi connectivity index (χ0v) is 9.97. The van der Waals surface area contributed by atoms with Crippen LogP contribution in [0, 0.1) is 0 Å². The van der Waals surface area contributed by atoms with Gasteiger partial charge in [0.1, 0.15) is 6.04 Å². The van der Waals surface area contributed by atoms with Gasteiger partial charge >= 0.3 is 5.97 Å². The first kappa shape index (κ1) is 12.9. The fraction of sp³-hybridized carbons (Fsp3) is 0.800. The van der Waals surface area contributed by atoms with E-state index in [0.717, 1.165) is 0 Å². The van der Waals surface area contributed by atoms with E-state index in [1.54, 1.807) is 19.0 Å². The maximum atomic E-state index is 11.9. The normalized spacial score (nSPS) is 24.9. The minimum absolute atomic E-state index is 0.0895. The molecule has 6 nitrogen and oxygen atoms in total. The number of hydrogen-bond donors (Lipinski definition) is 1. The number of hydrogen-bond acceptors (Lipinski definition) is 5. The van der Waals surface area contributed by atoms with Gasteiger partial charge in [0.25, 0.3) is 0 Å². The summed E-state index contributed by atoms with van der Waals surface area (Å²) < 4.78 is 4.67. The van der Waals surface area contributed by atoms with Gasteiger partial charge in [-0.15, -0.1) is 0 Å². The Morgan fingerprint density at radius 3 is 2.62 bits per heavy atom. The van der Waals surface area contributed by atoms with Gasteiger partial charge in [0.05, 0.1) is 13.7 Å². The molecule has 16 heavy (non-hydrogen) atoms. The third kappa shape index (κ3) is 2.93. The molecular weight excluding hydrogens is 210 g/mol. The number of nitrogens with zero attached hydrogens (tertiary/aromatic N) is 2. The van der Waals surface area contributed by atoms with Gasteiger partial charge in [-0.25, -0.2) is 4.79 Å². The molecule has 6 heteroatoms. The third-order valence-corrected chi connectivity index (χ3v) is 2.58. The molecule has 1 saturated heterocycles. The van der Waals surface area contributed by atoms with Crippen LogP contribution in [0.2, 0.25) is 0 Å². The van der Waals surface area contributed by atoms with Crippen LogP contribution in [0.4, 0.5) is 0 Å². The second kappa shape index (κ2) is 5.27. The van der Waals surface area contributed by atoms with Crippen molar-refractivity contribution in [2.75, 3.05) is 34.3 Å². The Hall–Kier alpha value is -1.14. The van der Waals surface area contributed by atoms with Crippen molar-refractivity contribution in [3.05, 3.63) is 0 Å². The summed E-state index contributed by atoms with van der Waals surface area (Å²) in [6.45, 7) is 0.701. The Labute approximate surface area is 95.3 Å². The van der Waals surface area contributed by atoms with Gasteiger partial charge in [0.15, 0.2) is 0 Å². The number of carbonyl (C=O) groups is 2. The van der Waals surface area contributed by atoms with Crippen molar-refractivity contribution in [3.63, 3.8) is 0 Å². The topological polar surface area (TPSA) is 75.9 Å². The van der Waals surface area contributed by atoms with Gasteiger partial charge < -0.3 is 20.3 Å². The highest BCUT2D eigenvalue weighted by Crippen LogP contribution is 2.17. The molecule has 0 aromatic carbocycles. The van der Waals surface area contributed by atoms with E-state index in [9.17, 15) is 9.59 Å². The third-order valence-electron chi connectivity index (χ3n) is 2.58. The van der Waals surface area contributed by atoms with E-state index in [4.69, 9.17) is 5.73 Å². The number of rotatable bonds is 3. The van der Waals surface area contributed by atoms with Gasteiger partial charge in [-0.2, -0.15) is 0 Å². The predicted octanol–water partition coefficient (Wildman–Crippen LogP) is -1.35. The summed E-state index contributed by atoms with van der Waals surface area (Å²) in [5.41, 5.74) is 5.76. The molecule has 1 rings (SSSR count). The number of methoxy groups -OCH3 is 1. The molecule has 1 aliphatic heterocycles. The minimum Gasteiger partial charge on any atom is -0.467 e. The molecule has 0 radical (unpaired) electrons. The van der Waals surface area contributed by atoms with E-state index < -0.39 is 6.04 Å². The van der Waals surface area contributed by atoms with Gasteiger partial charge in [0, 0.05) is 12.6 Å². The molecule has 0 aliphatic carbocycles. The van der Waals surface area contributed by atoms with Crippen LogP contribution in [0.15, 0.2) is 0 Å². The summed E-state index contributed by atoms with van der Waals surface area (Å²) in [4.78, 5) is 26.6. The summed E-state index contributed by atoms with van der Waals surface area (Å²) in [5.74, 6) is -0.478. The minimum atomic E-state index is -0.521. The zero-order valence-electron chi connectivity index (χ0n) is 9.97. The number of amides is 1. The average molecular weight is 229 g/mol. The smallest absolute Gasteiger partial charge is 0.328 e. The number of nitrogens with two attached hydrogens (primary N) is 1. The molecule has 92 valence electrons. The van der Waals surface area contributed by atoms with Crippen LogP contribution < -0.4 is 5.73 Å². The number of esters is 1. The van der Waals surface area contributed by atoms with Gasteiger partial charge in [-0.1, -0.05) is 0 Å². The predicted molar refractivity (Wildman–Crippen MR) is 58.7 cm³/mol. The Bertz CT molecular complexity index is 280. The van der Waals surface area contributed by atoms with Crippen molar-refractivity contribution in [1.82, 2.24) is 9.80 Å². The highest BCUT2D eigenvalue weighted by Gasteiger charge is 2.38. The largest absolute Gasteiger partial charge is 0.467 e. The van der Waals surface area contributed by atoms with Crippen LogP contribution in [-0.4, -0.2) is 68.1 Å². The van der Waals surface area contributed by atoms with Crippen molar-refractivity contribution in [1.29, 1.82) is 0 Å². The lowest BCUT2D eigenvalue weighted by molar-refractivity contribution is -0.151. The SMILES string of the molecule is COC(=O)[C@@H]1C[C@@H](N)CN1C(=O)CN(C)C. The van der Waals surface area contributed by atoms with Gasteiger partial charge in [-0.3, -0.25) is 4.79 Å². The first-order valence-electron chi connectivity index (χ1n) is 5.23. The number of likely N-dealkylation sites (N-methyl/N-ethyl adjacent to an activating group) is 1. The number of likely N-dealkylation sites (tertiary alicyclic amines) is 1. The Balaban J connectivity index is 2.69. The Morgan fingerprint density at radius 1 is 1.50 bits per heavy atom. The average Bonchev–Trinajstić information content (AvgIpc) is 2.58. The van der Waals surface area contributed by atoms with E-state index in [1.807, 2.05) is 0 Å². The van der Waals surface area contributed by atoms with Crippen molar-refractivity contribution in [2.24, 2.45) is 5.73 Å². The maximum Gasteiger partial charge on any atom is 0.328 e. The summed E-state index contributed by atoms with van der Waals surface area (Å²) in [6.07, 6.45) is 0.478. The molecule has 2 N–H and O–H groups in total.